The first kappa shape index (κ1) is 13.5. The van der Waals surface area contributed by atoms with E-state index in [2.05, 4.69) is 4.98 Å². The number of carboxylic acids is 1. The second kappa shape index (κ2) is 6.31. The highest BCUT2D eigenvalue weighted by Gasteiger charge is 2.31. The number of carboxylic acid groups (broad SMARTS) is 1. The predicted octanol–water partition coefficient (Wildman–Crippen LogP) is 1.48. The average molecular weight is 262 g/mol. The van der Waals surface area contributed by atoms with Crippen molar-refractivity contribution in [1.82, 2.24) is 9.88 Å². The molecule has 0 aliphatic carbocycles. The Kier molecular flexibility index (Phi) is 4.49. The molecule has 19 heavy (non-hydrogen) atoms. The van der Waals surface area contributed by atoms with Crippen LogP contribution in [0.5, 0.6) is 0 Å². The van der Waals surface area contributed by atoms with Gasteiger partial charge in [-0.05, 0) is 37.8 Å². The van der Waals surface area contributed by atoms with Gasteiger partial charge in [-0.2, -0.15) is 0 Å². The summed E-state index contributed by atoms with van der Waals surface area (Å²) in [6.45, 7) is 0.554. The average Bonchev–Trinajstić information content (AvgIpc) is 2.46. The molecule has 102 valence electrons. The van der Waals surface area contributed by atoms with Crippen molar-refractivity contribution in [1.29, 1.82) is 0 Å². The van der Waals surface area contributed by atoms with Gasteiger partial charge in [0.15, 0.2) is 0 Å². The van der Waals surface area contributed by atoms with Crippen molar-refractivity contribution in [3.63, 3.8) is 0 Å². The number of hydrogen-bond donors (Lipinski definition) is 1. The van der Waals surface area contributed by atoms with Crippen LogP contribution in [0.25, 0.3) is 0 Å². The van der Waals surface area contributed by atoms with Crippen LogP contribution in [0.3, 0.4) is 0 Å². The Morgan fingerprint density at radius 3 is 2.89 bits per heavy atom. The maximum absolute atomic E-state index is 12.1. The molecule has 0 bridgehead atoms. The fourth-order valence-electron chi connectivity index (χ4n) is 2.41. The Morgan fingerprint density at radius 1 is 1.37 bits per heavy atom. The maximum atomic E-state index is 12.1. The van der Waals surface area contributed by atoms with Crippen LogP contribution in [0, 0.1) is 0 Å². The minimum atomic E-state index is -0.897. The molecule has 1 fully saturated rings. The number of likely N-dealkylation sites (tertiary alicyclic amines) is 1. The zero-order valence-corrected chi connectivity index (χ0v) is 10.8. The normalized spacial score (nSPS) is 19.2. The molecule has 1 saturated heterocycles. The van der Waals surface area contributed by atoms with Gasteiger partial charge >= 0.3 is 5.97 Å². The summed E-state index contributed by atoms with van der Waals surface area (Å²) >= 11 is 0. The second-order valence-corrected chi connectivity index (χ2v) is 4.76. The van der Waals surface area contributed by atoms with Crippen molar-refractivity contribution in [2.24, 2.45) is 0 Å². The molecular weight excluding hydrogens is 244 g/mol. The molecule has 0 aromatic carbocycles. The first-order chi connectivity index (χ1) is 9.18. The molecule has 2 rings (SSSR count). The fraction of sp³-hybridized carbons (Fsp3) is 0.500. The van der Waals surface area contributed by atoms with Gasteiger partial charge in [0.05, 0.1) is 0 Å². The largest absolute Gasteiger partial charge is 0.480 e. The monoisotopic (exact) mass is 262 g/mol. The molecule has 1 aliphatic heterocycles. The summed E-state index contributed by atoms with van der Waals surface area (Å²) in [4.78, 5) is 28.9. The van der Waals surface area contributed by atoms with E-state index < -0.39 is 12.0 Å². The van der Waals surface area contributed by atoms with Crippen LogP contribution in [-0.2, 0) is 16.0 Å². The van der Waals surface area contributed by atoms with Crippen LogP contribution in [-0.4, -0.2) is 39.5 Å². The number of hydrogen-bond acceptors (Lipinski definition) is 3. The first-order valence-corrected chi connectivity index (χ1v) is 6.60. The Morgan fingerprint density at radius 2 is 2.21 bits per heavy atom. The molecule has 1 amide bonds. The lowest BCUT2D eigenvalue weighted by Gasteiger charge is -2.33. The van der Waals surface area contributed by atoms with Crippen LogP contribution in [0.2, 0.25) is 0 Å². The number of amides is 1. The van der Waals surface area contributed by atoms with Gasteiger partial charge in [0, 0.05) is 24.9 Å². The number of pyridine rings is 1. The van der Waals surface area contributed by atoms with Crippen LogP contribution in [0.15, 0.2) is 24.4 Å². The van der Waals surface area contributed by atoms with Crippen molar-refractivity contribution in [2.75, 3.05) is 6.54 Å². The quantitative estimate of drug-likeness (QED) is 0.892. The molecule has 0 saturated carbocycles. The van der Waals surface area contributed by atoms with E-state index in [-0.39, 0.29) is 5.91 Å². The zero-order valence-electron chi connectivity index (χ0n) is 10.8. The van der Waals surface area contributed by atoms with Gasteiger partial charge in [-0.15, -0.1) is 0 Å². The third kappa shape index (κ3) is 3.53. The minimum absolute atomic E-state index is 0.0854. The predicted molar refractivity (Wildman–Crippen MR) is 69.5 cm³/mol. The number of aliphatic carboxylic acids is 1. The van der Waals surface area contributed by atoms with Crippen molar-refractivity contribution in [3.8, 4) is 0 Å². The Balaban J connectivity index is 1.93. The van der Waals surface area contributed by atoms with Crippen LogP contribution < -0.4 is 0 Å². The van der Waals surface area contributed by atoms with E-state index in [4.69, 9.17) is 5.11 Å². The van der Waals surface area contributed by atoms with E-state index in [0.29, 0.717) is 25.8 Å². The van der Waals surface area contributed by atoms with Crippen molar-refractivity contribution < 1.29 is 14.7 Å². The fourth-order valence-corrected chi connectivity index (χ4v) is 2.41. The van der Waals surface area contributed by atoms with Gasteiger partial charge < -0.3 is 10.0 Å². The van der Waals surface area contributed by atoms with Gasteiger partial charge in [-0.25, -0.2) is 4.79 Å². The molecule has 0 radical (unpaired) electrons. The van der Waals surface area contributed by atoms with E-state index >= 15 is 0 Å². The molecule has 2 heterocycles. The Labute approximate surface area is 112 Å². The molecule has 5 nitrogen and oxygen atoms in total. The van der Waals surface area contributed by atoms with Crippen molar-refractivity contribution >= 4 is 11.9 Å². The summed E-state index contributed by atoms with van der Waals surface area (Å²) in [7, 11) is 0. The molecule has 0 spiro atoms. The highest BCUT2D eigenvalue weighted by molar-refractivity contribution is 5.84. The Hall–Kier alpha value is -1.91. The summed E-state index contributed by atoms with van der Waals surface area (Å²) in [6.07, 6.45) is 4.90. The number of aryl methyl sites for hydroxylation is 1. The molecule has 1 aromatic rings. The highest BCUT2D eigenvalue weighted by Crippen LogP contribution is 2.18. The summed E-state index contributed by atoms with van der Waals surface area (Å²) in [5.41, 5.74) is 0.861. The summed E-state index contributed by atoms with van der Waals surface area (Å²) in [5.74, 6) is -0.983. The number of carbonyl (C=O) groups excluding carboxylic acids is 1. The van der Waals surface area contributed by atoms with E-state index in [1.165, 1.54) is 4.90 Å². The van der Waals surface area contributed by atoms with Crippen LogP contribution in [0.1, 0.15) is 31.4 Å². The smallest absolute Gasteiger partial charge is 0.326 e. The highest BCUT2D eigenvalue weighted by atomic mass is 16.4. The first-order valence-electron chi connectivity index (χ1n) is 6.60. The van der Waals surface area contributed by atoms with Crippen molar-refractivity contribution in [3.05, 3.63) is 30.1 Å². The van der Waals surface area contributed by atoms with E-state index in [1.54, 1.807) is 6.20 Å². The molecule has 0 unspecified atom stereocenters. The molecule has 1 aliphatic rings. The third-order valence-corrected chi connectivity index (χ3v) is 3.43. The second-order valence-electron chi connectivity index (χ2n) is 4.76. The number of piperidine rings is 1. The number of rotatable bonds is 4. The van der Waals surface area contributed by atoms with Gasteiger partial charge in [0.25, 0.3) is 0 Å². The van der Waals surface area contributed by atoms with E-state index in [1.807, 2.05) is 18.2 Å². The summed E-state index contributed by atoms with van der Waals surface area (Å²) < 4.78 is 0. The molecule has 5 heteroatoms. The van der Waals surface area contributed by atoms with Gasteiger partial charge in [0.1, 0.15) is 6.04 Å². The summed E-state index contributed by atoms with van der Waals surface area (Å²) in [6, 6.07) is 4.94. The lowest BCUT2D eigenvalue weighted by Crippen LogP contribution is -2.48. The third-order valence-electron chi connectivity index (χ3n) is 3.43. The SMILES string of the molecule is O=C(O)[C@H]1CCCCN1C(=O)CCc1ccccn1. The maximum Gasteiger partial charge on any atom is 0.326 e. The number of aromatic nitrogens is 1. The number of carbonyl (C=O) groups is 2. The molecular formula is C14H18N2O3. The van der Waals surface area contributed by atoms with Gasteiger partial charge in [0.2, 0.25) is 5.91 Å². The van der Waals surface area contributed by atoms with E-state index in [0.717, 1.165) is 18.5 Å². The summed E-state index contributed by atoms with van der Waals surface area (Å²) in [5, 5.41) is 9.14. The van der Waals surface area contributed by atoms with Crippen LogP contribution >= 0.6 is 0 Å². The van der Waals surface area contributed by atoms with Gasteiger partial charge in [-0.3, -0.25) is 9.78 Å². The minimum Gasteiger partial charge on any atom is -0.480 e. The lowest BCUT2D eigenvalue weighted by molar-refractivity contribution is -0.152. The van der Waals surface area contributed by atoms with Gasteiger partial charge in [-0.1, -0.05) is 6.07 Å². The Bertz CT molecular complexity index is 447. The van der Waals surface area contributed by atoms with Crippen LogP contribution in [0.4, 0.5) is 0 Å². The van der Waals surface area contributed by atoms with E-state index in [9.17, 15) is 9.59 Å². The molecule has 1 atom stereocenters. The zero-order chi connectivity index (χ0) is 13.7. The van der Waals surface area contributed by atoms with Crippen molar-refractivity contribution in [2.45, 2.75) is 38.1 Å². The lowest BCUT2D eigenvalue weighted by atomic mass is 10.0. The molecule has 1 aromatic heterocycles. The number of nitrogens with zero attached hydrogens (tertiary/aromatic N) is 2. The standard InChI is InChI=1S/C14H18N2O3/c17-13(8-7-11-5-1-3-9-15-11)16-10-4-2-6-12(16)14(18)19/h1,3,5,9,12H,2,4,6-8,10H2,(H,18,19)/t12-/m1/s1. The molecule has 1 N–H and O–H groups in total. The topological polar surface area (TPSA) is 70.5 Å².